The van der Waals surface area contributed by atoms with E-state index in [9.17, 15) is 0 Å². The van der Waals surface area contributed by atoms with Crippen LogP contribution in [0.25, 0.3) is 65.6 Å². The Labute approximate surface area is 452 Å². The summed E-state index contributed by atoms with van der Waals surface area (Å²) in [5, 5.41) is 13.8. The van der Waals surface area contributed by atoms with Crippen LogP contribution in [0, 0.1) is 0 Å². The normalized spacial score (nSPS) is 13.2. The Hall–Kier alpha value is -7.20. The maximum Gasteiger partial charge on any atom is 0.179 e. The number of fused-ring (bicyclic) bond motifs is 9. The van der Waals surface area contributed by atoms with Crippen LogP contribution in [0.1, 0.15) is 123 Å². The Morgan fingerprint density at radius 2 is 0.803 bits per heavy atom. The minimum Gasteiger partial charge on any atom is -0.309 e. The van der Waals surface area contributed by atoms with Gasteiger partial charge in [0.2, 0.25) is 0 Å². The first-order valence-electron chi connectivity index (χ1n) is 27.9. The standard InChI is InChI=1S/C73H74N2Si/c1-70(2,3)49-35-39-53(40-36-49)74-64-42-38-51(72(7,8)9)44-62(64)67-57(68-61(47-65(67)74)60-46-52(73(10,11)12)45-59-58-43-50(71(4,5)6)37-41-63(58)75(68)69(59)60)33-24-26-48-25-22-23-34-66(48)76(54-27-16-13-17-28-54,55-29-18-14-19-30-55)56-31-20-15-21-32-56/h13-23,25,27-32,34-47H,24,26,33H2,1-12H3. The monoisotopic (exact) mass is 1010 g/mol. The van der Waals surface area contributed by atoms with Crippen molar-refractivity contribution in [1.29, 1.82) is 0 Å². The summed E-state index contributed by atoms with van der Waals surface area (Å²) in [7, 11) is -2.79. The number of hydrogen-bond acceptors (Lipinski definition) is 0. The average Bonchev–Trinajstić information content (AvgIpc) is 4.15. The first kappa shape index (κ1) is 49.7. The van der Waals surface area contributed by atoms with Crippen molar-refractivity contribution < 1.29 is 0 Å². The summed E-state index contributed by atoms with van der Waals surface area (Å²) in [4.78, 5) is 0. The summed E-state index contributed by atoms with van der Waals surface area (Å²) in [5.74, 6) is 0. The number of rotatable bonds is 9. The number of benzene rings is 9. The molecule has 9 aromatic carbocycles. The summed E-state index contributed by atoms with van der Waals surface area (Å²) >= 11 is 0. The van der Waals surface area contributed by atoms with Crippen LogP contribution in [0.2, 0.25) is 0 Å². The quantitative estimate of drug-likeness (QED) is 0.101. The summed E-state index contributed by atoms with van der Waals surface area (Å²) in [6, 6.07) is 75.5. The minimum atomic E-state index is -2.79. The fraction of sp³-hybridized carbons (Fsp3) is 0.260. The van der Waals surface area contributed by atoms with Crippen LogP contribution in [0.5, 0.6) is 0 Å². The van der Waals surface area contributed by atoms with E-state index in [-0.39, 0.29) is 21.7 Å². The van der Waals surface area contributed by atoms with E-state index < -0.39 is 8.07 Å². The lowest BCUT2D eigenvalue weighted by Crippen LogP contribution is -2.75. The van der Waals surface area contributed by atoms with Gasteiger partial charge in [-0.15, -0.1) is 0 Å². The number of aromatic nitrogens is 2. The zero-order valence-corrected chi connectivity index (χ0v) is 48.0. The highest BCUT2D eigenvalue weighted by atomic mass is 28.3. The summed E-state index contributed by atoms with van der Waals surface area (Å²) < 4.78 is 5.29. The van der Waals surface area contributed by atoms with Crippen molar-refractivity contribution in [2.45, 2.75) is 124 Å². The van der Waals surface area contributed by atoms with Crippen LogP contribution in [-0.4, -0.2) is 17.0 Å². The topological polar surface area (TPSA) is 9.34 Å². The van der Waals surface area contributed by atoms with Crippen LogP contribution in [0.15, 0.2) is 194 Å². The molecule has 0 aliphatic heterocycles. The molecule has 3 heteroatoms. The fourth-order valence-electron chi connectivity index (χ4n) is 12.9. The minimum absolute atomic E-state index is 0.0162. The molecule has 0 fully saturated rings. The Morgan fingerprint density at radius 1 is 0.355 bits per heavy atom. The molecule has 0 radical (unpaired) electrons. The highest BCUT2D eigenvalue weighted by Gasteiger charge is 2.42. The van der Waals surface area contributed by atoms with Crippen LogP contribution in [0.3, 0.4) is 0 Å². The van der Waals surface area contributed by atoms with E-state index in [0.29, 0.717) is 0 Å². The summed E-state index contributed by atoms with van der Waals surface area (Å²) in [5.41, 5.74) is 16.0. The zero-order chi connectivity index (χ0) is 53.1. The molecular weight excluding hydrogens is 933 g/mol. The molecule has 380 valence electrons. The molecule has 76 heavy (non-hydrogen) atoms. The molecule has 3 aromatic heterocycles. The van der Waals surface area contributed by atoms with E-state index in [2.05, 4.69) is 286 Å². The van der Waals surface area contributed by atoms with E-state index in [4.69, 9.17) is 0 Å². The molecular formula is C73H74N2Si. The fourth-order valence-corrected chi connectivity index (χ4v) is 17.9. The molecule has 0 amide bonds. The lowest BCUT2D eigenvalue weighted by Gasteiger charge is -2.36. The molecule has 0 bridgehead atoms. The predicted molar refractivity (Wildman–Crippen MR) is 332 cm³/mol. The van der Waals surface area contributed by atoms with Gasteiger partial charge in [0.05, 0.1) is 27.6 Å². The predicted octanol–water partition coefficient (Wildman–Crippen LogP) is 16.7. The number of nitrogens with zero attached hydrogens (tertiary/aromatic N) is 2. The second-order valence-electron chi connectivity index (χ2n) is 26.1. The highest BCUT2D eigenvalue weighted by molar-refractivity contribution is 7.20. The molecule has 0 spiro atoms. The van der Waals surface area contributed by atoms with E-state index in [1.165, 1.54) is 120 Å². The smallest absolute Gasteiger partial charge is 0.179 e. The Morgan fingerprint density at radius 3 is 1.34 bits per heavy atom. The van der Waals surface area contributed by atoms with Crippen molar-refractivity contribution in [2.24, 2.45) is 0 Å². The molecule has 0 unspecified atom stereocenters. The van der Waals surface area contributed by atoms with Gasteiger partial charge in [0, 0.05) is 38.0 Å². The van der Waals surface area contributed by atoms with E-state index in [0.717, 1.165) is 19.3 Å². The molecule has 0 saturated heterocycles. The van der Waals surface area contributed by atoms with E-state index in [1.807, 2.05) is 0 Å². The first-order chi connectivity index (χ1) is 36.2. The SMILES string of the molecule is CC(C)(C)c1ccc(-n2c3ccc(C(C)(C)C)cc3c3c(CCCc4ccccc4[Si](c4ccccc4)(c4ccccc4)c4ccccc4)c4c(cc32)c2cc(C(C)(C)C)cc3c5cc(C(C)(C)C)ccc5n4c32)cc1. The van der Waals surface area contributed by atoms with Gasteiger partial charge < -0.3 is 8.97 Å². The van der Waals surface area contributed by atoms with Gasteiger partial charge >= 0.3 is 0 Å². The average molecular weight is 1010 g/mol. The van der Waals surface area contributed by atoms with E-state index >= 15 is 0 Å². The maximum absolute atomic E-state index is 2.79. The van der Waals surface area contributed by atoms with Crippen LogP contribution in [-0.2, 0) is 34.5 Å². The highest BCUT2D eigenvalue weighted by Crippen LogP contribution is 2.48. The largest absolute Gasteiger partial charge is 0.309 e. The van der Waals surface area contributed by atoms with Crippen LogP contribution in [0.4, 0.5) is 0 Å². The summed E-state index contributed by atoms with van der Waals surface area (Å²) in [6.07, 6.45) is 2.84. The molecule has 2 nitrogen and oxygen atoms in total. The molecule has 0 aliphatic carbocycles. The second kappa shape index (κ2) is 18.0. The van der Waals surface area contributed by atoms with Gasteiger partial charge in [-0.25, -0.2) is 0 Å². The van der Waals surface area contributed by atoms with Gasteiger partial charge in [0.25, 0.3) is 0 Å². The molecule has 3 heterocycles. The lowest BCUT2D eigenvalue weighted by atomic mass is 9.84. The van der Waals surface area contributed by atoms with Gasteiger partial charge in [-0.3, -0.25) is 0 Å². The van der Waals surface area contributed by atoms with Crippen molar-refractivity contribution >= 4 is 88.7 Å². The molecule has 0 saturated carbocycles. The van der Waals surface area contributed by atoms with Crippen molar-refractivity contribution in [3.63, 3.8) is 0 Å². The summed E-state index contributed by atoms with van der Waals surface area (Å²) in [6.45, 7) is 28.2. The molecule has 0 aliphatic rings. The maximum atomic E-state index is 2.70. The van der Waals surface area contributed by atoms with Crippen LogP contribution >= 0.6 is 0 Å². The van der Waals surface area contributed by atoms with Crippen molar-refractivity contribution in [2.75, 3.05) is 0 Å². The third kappa shape index (κ3) is 8.03. The van der Waals surface area contributed by atoms with Gasteiger partial charge in [-0.05, 0) is 150 Å². The Kier molecular flexibility index (Phi) is 11.7. The third-order valence-corrected chi connectivity index (χ3v) is 21.9. The van der Waals surface area contributed by atoms with E-state index in [1.54, 1.807) is 0 Å². The molecule has 0 atom stereocenters. The van der Waals surface area contributed by atoms with Gasteiger partial charge in [0.15, 0.2) is 8.07 Å². The Bertz CT molecular complexity index is 4030. The molecule has 12 rings (SSSR count). The van der Waals surface area contributed by atoms with Gasteiger partial charge in [-0.2, -0.15) is 0 Å². The van der Waals surface area contributed by atoms with Gasteiger partial charge in [-0.1, -0.05) is 223 Å². The third-order valence-electron chi connectivity index (χ3n) is 17.0. The second-order valence-corrected chi connectivity index (χ2v) is 29.9. The Balaban J connectivity index is 1.16. The molecule has 0 N–H and O–H groups in total. The lowest BCUT2D eigenvalue weighted by molar-refractivity contribution is 0.590. The first-order valence-corrected chi connectivity index (χ1v) is 29.9. The number of hydrogen-bond donors (Lipinski definition) is 0. The molecule has 12 aromatic rings. The van der Waals surface area contributed by atoms with Crippen molar-refractivity contribution in [3.05, 3.63) is 228 Å². The van der Waals surface area contributed by atoms with Crippen LogP contribution < -0.4 is 20.7 Å². The van der Waals surface area contributed by atoms with Gasteiger partial charge in [0.1, 0.15) is 0 Å². The van der Waals surface area contributed by atoms with Crippen molar-refractivity contribution in [1.82, 2.24) is 8.97 Å². The van der Waals surface area contributed by atoms with Crippen molar-refractivity contribution in [3.8, 4) is 5.69 Å². The zero-order valence-electron chi connectivity index (χ0n) is 47.0. The number of aryl methyl sites for hydroxylation is 2.